The number of hydrogen-bond acceptors (Lipinski definition) is 3. The maximum Gasteiger partial charge on any atom is 0.226 e. The summed E-state index contributed by atoms with van der Waals surface area (Å²) in [7, 11) is 3.40. The average Bonchev–Trinajstić information content (AvgIpc) is 3.39. The predicted molar refractivity (Wildman–Crippen MR) is 90.6 cm³/mol. The molecule has 1 N–H and O–H groups in total. The third-order valence-corrected chi connectivity index (χ3v) is 4.57. The van der Waals surface area contributed by atoms with Gasteiger partial charge in [-0.15, -0.1) is 0 Å². The SMILES string of the molecule is COc1ccc2cccc(CC(=O)N(C)C[C@@H](O)C3CC3)c2c1. The van der Waals surface area contributed by atoms with Gasteiger partial charge in [-0.2, -0.15) is 0 Å². The minimum absolute atomic E-state index is 0.0278. The van der Waals surface area contributed by atoms with Crippen molar-refractivity contribution >= 4 is 16.7 Å². The van der Waals surface area contributed by atoms with Gasteiger partial charge >= 0.3 is 0 Å². The van der Waals surface area contributed by atoms with Crippen LogP contribution in [0.5, 0.6) is 5.75 Å². The van der Waals surface area contributed by atoms with Gasteiger partial charge in [0.25, 0.3) is 0 Å². The fourth-order valence-electron chi connectivity index (χ4n) is 2.91. The highest BCUT2D eigenvalue weighted by molar-refractivity contribution is 5.91. The zero-order valence-corrected chi connectivity index (χ0v) is 13.7. The van der Waals surface area contributed by atoms with Gasteiger partial charge in [0.05, 0.1) is 19.6 Å². The van der Waals surface area contributed by atoms with E-state index in [0.29, 0.717) is 18.9 Å². The molecular weight excluding hydrogens is 290 g/mol. The fraction of sp³-hybridized carbons (Fsp3) is 0.421. The molecule has 2 aromatic carbocycles. The number of amides is 1. The van der Waals surface area contributed by atoms with Gasteiger partial charge in [0.1, 0.15) is 5.75 Å². The topological polar surface area (TPSA) is 49.8 Å². The van der Waals surface area contributed by atoms with Crippen LogP contribution in [0.1, 0.15) is 18.4 Å². The fourth-order valence-corrected chi connectivity index (χ4v) is 2.91. The van der Waals surface area contributed by atoms with Crippen molar-refractivity contribution in [1.29, 1.82) is 0 Å². The molecule has 0 aliphatic heterocycles. The van der Waals surface area contributed by atoms with Gasteiger partial charge in [0.15, 0.2) is 0 Å². The number of likely N-dealkylation sites (N-methyl/N-ethyl adjacent to an activating group) is 1. The Morgan fingerprint density at radius 3 is 2.83 bits per heavy atom. The van der Waals surface area contributed by atoms with Crippen molar-refractivity contribution in [3.8, 4) is 5.75 Å². The van der Waals surface area contributed by atoms with Crippen LogP contribution in [-0.2, 0) is 11.2 Å². The number of rotatable bonds is 6. The predicted octanol–water partition coefficient (Wildman–Crippen LogP) is 2.62. The molecule has 1 atom stereocenters. The third-order valence-electron chi connectivity index (χ3n) is 4.57. The molecule has 1 aliphatic rings. The lowest BCUT2D eigenvalue weighted by Gasteiger charge is -2.21. The van der Waals surface area contributed by atoms with Crippen LogP contribution in [0.3, 0.4) is 0 Å². The molecule has 0 spiro atoms. The number of aliphatic hydroxyl groups is 1. The second-order valence-corrected chi connectivity index (χ2v) is 6.36. The number of benzene rings is 2. The molecule has 0 aromatic heterocycles. The first-order chi connectivity index (χ1) is 11.1. The van der Waals surface area contributed by atoms with E-state index in [9.17, 15) is 9.90 Å². The highest BCUT2D eigenvalue weighted by atomic mass is 16.5. The van der Waals surface area contributed by atoms with Crippen LogP contribution in [0.25, 0.3) is 10.8 Å². The number of nitrogens with zero attached hydrogens (tertiary/aromatic N) is 1. The number of carbonyl (C=O) groups is 1. The van der Waals surface area contributed by atoms with Crippen LogP contribution in [0.15, 0.2) is 36.4 Å². The van der Waals surface area contributed by atoms with Gasteiger partial charge in [-0.05, 0) is 47.2 Å². The van der Waals surface area contributed by atoms with E-state index in [1.165, 1.54) is 0 Å². The highest BCUT2D eigenvalue weighted by Gasteiger charge is 2.31. The molecular formula is C19H23NO3. The van der Waals surface area contributed by atoms with Gasteiger partial charge in [0, 0.05) is 13.6 Å². The molecule has 4 nitrogen and oxygen atoms in total. The van der Waals surface area contributed by atoms with E-state index < -0.39 is 6.10 Å². The summed E-state index contributed by atoms with van der Waals surface area (Å²) in [6.07, 6.45) is 2.09. The monoisotopic (exact) mass is 313 g/mol. The van der Waals surface area contributed by atoms with E-state index in [1.807, 2.05) is 36.4 Å². The van der Waals surface area contributed by atoms with E-state index in [2.05, 4.69) is 0 Å². The Hall–Kier alpha value is -2.07. The second-order valence-electron chi connectivity index (χ2n) is 6.36. The van der Waals surface area contributed by atoms with Crippen molar-refractivity contribution in [1.82, 2.24) is 4.90 Å². The Bertz CT molecular complexity index is 709. The minimum atomic E-state index is -0.392. The van der Waals surface area contributed by atoms with Crippen LogP contribution >= 0.6 is 0 Å². The van der Waals surface area contributed by atoms with Crippen LogP contribution in [0.4, 0.5) is 0 Å². The quantitative estimate of drug-likeness (QED) is 0.892. The first kappa shape index (κ1) is 15.8. The molecule has 0 radical (unpaired) electrons. The summed E-state index contributed by atoms with van der Waals surface area (Å²) in [6, 6.07) is 11.9. The number of fused-ring (bicyclic) bond motifs is 1. The van der Waals surface area contributed by atoms with Crippen LogP contribution in [0, 0.1) is 5.92 Å². The molecule has 0 heterocycles. The third kappa shape index (κ3) is 3.64. The zero-order chi connectivity index (χ0) is 16.4. The van der Waals surface area contributed by atoms with Crippen LogP contribution in [0.2, 0.25) is 0 Å². The van der Waals surface area contributed by atoms with Crippen molar-refractivity contribution in [2.24, 2.45) is 5.92 Å². The molecule has 2 aromatic rings. The maximum absolute atomic E-state index is 12.5. The van der Waals surface area contributed by atoms with Crippen molar-refractivity contribution < 1.29 is 14.6 Å². The number of hydrogen-bond donors (Lipinski definition) is 1. The summed E-state index contributed by atoms with van der Waals surface area (Å²) in [6.45, 7) is 0.414. The van der Waals surface area contributed by atoms with E-state index in [0.717, 1.165) is 34.9 Å². The smallest absolute Gasteiger partial charge is 0.226 e. The van der Waals surface area contributed by atoms with Crippen molar-refractivity contribution in [3.63, 3.8) is 0 Å². The van der Waals surface area contributed by atoms with E-state index in [4.69, 9.17) is 4.74 Å². The second kappa shape index (κ2) is 6.59. The lowest BCUT2D eigenvalue weighted by atomic mass is 10.0. The molecule has 4 heteroatoms. The molecule has 0 bridgehead atoms. The Labute approximate surface area is 136 Å². The first-order valence-corrected chi connectivity index (χ1v) is 8.06. The normalized spacial score (nSPS) is 15.4. The van der Waals surface area contributed by atoms with Crippen molar-refractivity contribution in [2.75, 3.05) is 20.7 Å². The average molecular weight is 313 g/mol. The van der Waals surface area contributed by atoms with Gasteiger partial charge in [-0.1, -0.05) is 24.3 Å². The Balaban J connectivity index is 1.75. The molecule has 1 aliphatic carbocycles. The summed E-state index contributed by atoms with van der Waals surface area (Å²) in [5, 5.41) is 12.1. The Morgan fingerprint density at radius 1 is 1.35 bits per heavy atom. The van der Waals surface area contributed by atoms with Crippen LogP contribution < -0.4 is 4.74 Å². The number of aliphatic hydroxyl groups excluding tert-OH is 1. The van der Waals surface area contributed by atoms with E-state index in [1.54, 1.807) is 19.1 Å². The molecule has 1 saturated carbocycles. The van der Waals surface area contributed by atoms with Gasteiger partial charge in [-0.3, -0.25) is 4.79 Å². The van der Waals surface area contributed by atoms with Crippen molar-refractivity contribution in [2.45, 2.75) is 25.4 Å². The number of ether oxygens (including phenoxy) is 1. The number of carbonyl (C=O) groups excluding carboxylic acids is 1. The lowest BCUT2D eigenvalue weighted by molar-refractivity contribution is -0.130. The van der Waals surface area contributed by atoms with Crippen LogP contribution in [-0.4, -0.2) is 42.7 Å². The lowest BCUT2D eigenvalue weighted by Crippen LogP contribution is -2.36. The van der Waals surface area contributed by atoms with E-state index >= 15 is 0 Å². The highest BCUT2D eigenvalue weighted by Crippen LogP contribution is 2.32. The maximum atomic E-state index is 12.5. The molecule has 0 unspecified atom stereocenters. The summed E-state index contributed by atoms with van der Waals surface area (Å²) in [5.74, 6) is 1.20. The molecule has 122 valence electrons. The molecule has 3 rings (SSSR count). The van der Waals surface area contributed by atoms with Gasteiger partial charge in [-0.25, -0.2) is 0 Å². The van der Waals surface area contributed by atoms with E-state index in [-0.39, 0.29) is 5.91 Å². The molecule has 0 saturated heterocycles. The summed E-state index contributed by atoms with van der Waals surface area (Å²) >= 11 is 0. The summed E-state index contributed by atoms with van der Waals surface area (Å²) < 4.78 is 5.29. The van der Waals surface area contributed by atoms with Gasteiger partial charge in [0.2, 0.25) is 5.91 Å². The Kier molecular flexibility index (Phi) is 4.53. The standard InChI is InChI=1S/C19H23NO3/c1-20(12-18(21)14-6-7-14)19(22)10-15-5-3-4-13-8-9-16(23-2)11-17(13)15/h3-5,8-9,11,14,18,21H,6-7,10,12H2,1-2H3/t18-/m1/s1. The summed E-state index contributed by atoms with van der Waals surface area (Å²) in [5.41, 5.74) is 0.985. The molecule has 1 amide bonds. The summed E-state index contributed by atoms with van der Waals surface area (Å²) in [4.78, 5) is 14.1. The first-order valence-electron chi connectivity index (χ1n) is 8.06. The van der Waals surface area contributed by atoms with Crippen molar-refractivity contribution in [3.05, 3.63) is 42.0 Å². The minimum Gasteiger partial charge on any atom is -0.497 e. The molecule has 1 fully saturated rings. The number of methoxy groups -OCH3 is 1. The Morgan fingerprint density at radius 2 is 2.13 bits per heavy atom. The van der Waals surface area contributed by atoms with Gasteiger partial charge < -0.3 is 14.7 Å². The molecule has 23 heavy (non-hydrogen) atoms. The zero-order valence-electron chi connectivity index (χ0n) is 13.7. The largest absolute Gasteiger partial charge is 0.497 e.